The molecule has 0 fully saturated rings. The summed E-state index contributed by atoms with van der Waals surface area (Å²) in [5.74, 6) is 0.610. The zero-order chi connectivity index (χ0) is 24.4. The zero-order valence-electron chi connectivity index (χ0n) is 19.5. The standard InChI is InChI=1S/C25H27ClN4O4/c1-5-12-34-19-13-16(8-11-18(19)33-4)21-20-14(2)29-30(3)23(20)28-25(32)22(21)27-24(31)15-6-9-17(26)10-7-15/h6-11,13,21-22H,5,12H2,1-4H3,(H,27,31)(H,28,32)/t21-,22+/m0/s1. The van der Waals surface area contributed by atoms with Crippen molar-refractivity contribution in [3.63, 3.8) is 0 Å². The van der Waals surface area contributed by atoms with Crippen LogP contribution in [0.15, 0.2) is 42.5 Å². The Labute approximate surface area is 203 Å². The summed E-state index contributed by atoms with van der Waals surface area (Å²) in [4.78, 5) is 26.3. The normalized spacial score (nSPS) is 17.0. The molecule has 8 nitrogen and oxygen atoms in total. The second kappa shape index (κ2) is 9.77. The van der Waals surface area contributed by atoms with Crippen LogP contribution >= 0.6 is 11.6 Å². The fourth-order valence-electron chi connectivity index (χ4n) is 4.25. The van der Waals surface area contributed by atoms with Crippen molar-refractivity contribution in [1.29, 1.82) is 0 Å². The highest BCUT2D eigenvalue weighted by Crippen LogP contribution is 2.41. The third kappa shape index (κ3) is 4.46. The number of carbonyl (C=O) groups is 2. The van der Waals surface area contributed by atoms with Gasteiger partial charge in [0.05, 0.1) is 19.4 Å². The van der Waals surface area contributed by atoms with Crippen LogP contribution in [0.4, 0.5) is 5.82 Å². The van der Waals surface area contributed by atoms with Gasteiger partial charge < -0.3 is 20.1 Å². The zero-order valence-corrected chi connectivity index (χ0v) is 20.3. The van der Waals surface area contributed by atoms with Crippen LogP contribution in [0.5, 0.6) is 11.5 Å². The van der Waals surface area contributed by atoms with E-state index in [9.17, 15) is 9.59 Å². The summed E-state index contributed by atoms with van der Waals surface area (Å²) in [5.41, 5.74) is 2.82. The molecule has 0 aliphatic carbocycles. The Balaban J connectivity index is 1.79. The lowest BCUT2D eigenvalue weighted by Gasteiger charge is -2.33. The molecule has 0 saturated heterocycles. The van der Waals surface area contributed by atoms with E-state index in [4.69, 9.17) is 21.1 Å². The molecule has 4 rings (SSSR count). The highest BCUT2D eigenvalue weighted by Gasteiger charge is 2.41. The number of nitrogens with one attached hydrogen (secondary N) is 2. The molecule has 2 N–H and O–H groups in total. The molecule has 1 aromatic heterocycles. The van der Waals surface area contributed by atoms with Crippen LogP contribution in [0.1, 0.15) is 46.4 Å². The van der Waals surface area contributed by atoms with Gasteiger partial charge >= 0.3 is 0 Å². The van der Waals surface area contributed by atoms with Gasteiger partial charge in [0.1, 0.15) is 11.9 Å². The van der Waals surface area contributed by atoms with Crippen LogP contribution < -0.4 is 20.1 Å². The second-order valence-electron chi connectivity index (χ2n) is 8.16. The highest BCUT2D eigenvalue weighted by atomic mass is 35.5. The van der Waals surface area contributed by atoms with Crippen molar-refractivity contribution in [1.82, 2.24) is 15.1 Å². The minimum atomic E-state index is -0.869. The van der Waals surface area contributed by atoms with Gasteiger partial charge in [0.25, 0.3) is 5.91 Å². The van der Waals surface area contributed by atoms with E-state index >= 15 is 0 Å². The molecule has 0 spiro atoms. The van der Waals surface area contributed by atoms with Crippen LogP contribution in [0, 0.1) is 6.92 Å². The predicted molar refractivity (Wildman–Crippen MR) is 130 cm³/mol. The maximum absolute atomic E-state index is 13.3. The lowest BCUT2D eigenvalue weighted by molar-refractivity contribution is -0.118. The molecular formula is C25H27ClN4O4. The molecule has 2 atom stereocenters. The Hall–Kier alpha value is -3.52. The Kier molecular flexibility index (Phi) is 6.79. The molecular weight excluding hydrogens is 456 g/mol. The molecule has 2 amide bonds. The van der Waals surface area contributed by atoms with E-state index in [2.05, 4.69) is 15.7 Å². The largest absolute Gasteiger partial charge is 0.493 e. The minimum Gasteiger partial charge on any atom is -0.493 e. The smallest absolute Gasteiger partial charge is 0.251 e. The number of aromatic nitrogens is 2. The average molecular weight is 483 g/mol. The van der Waals surface area contributed by atoms with E-state index < -0.39 is 12.0 Å². The molecule has 2 heterocycles. The van der Waals surface area contributed by atoms with Crippen molar-refractivity contribution in [2.75, 3.05) is 19.0 Å². The molecule has 1 aliphatic rings. The number of aryl methyl sites for hydroxylation is 2. The fraction of sp³-hybridized carbons (Fsp3) is 0.320. The second-order valence-corrected chi connectivity index (χ2v) is 8.59. The number of anilines is 1. The average Bonchev–Trinajstić information content (AvgIpc) is 3.10. The summed E-state index contributed by atoms with van der Waals surface area (Å²) in [6.45, 7) is 4.44. The van der Waals surface area contributed by atoms with E-state index in [0.717, 1.165) is 23.2 Å². The highest BCUT2D eigenvalue weighted by molar-refractivity contribution is 6.30. The van der Waals surface area contributed by atoms with Gasteiger partial charge in [0.2, 0.25) is 5.91 Å². The van der Waals surface area contributed by atoms with Crippen LogP contribution in [0.3, 0.4) is 0 Å². The molecule has 0 saturated carbocycles. The number of halogens is 1. The van der Waals surface area contributed by atoms with E-state index in [1.54, 1.807) is 43.1 Å². The van der Waals surface area contributed by atoms with Crippen molar-refractivity contribution in [3.8, 4) is 11.5 Å². The summed E-state index contributed by atoms with van der Waals surface area (Å²) in [5, 5.41) is 10.9. The summed E-state index contributed by atoms with van der Waals surface area (Å²) < 4.78 is 13.0. The molecule has 178 valence electrons. The van der Waals surface area contributed by atoms with Gasteiger partial charge in [-0.2, -0.15) is 5.10 Å². The SMILES string of the molecule is CCCOc1cc([C@H]2c3c(C)nn(C)c3NC(=O)[C@@H]2NC(=O)c2ccc(Cl)cc2)ccc1OC. The van der Waals surface area contributed by atoms with Crippen molar-refractivity contribution in [3.05, 3.63) is 69.9 Å². The lowest BCUT2D eigenvalue weighted by atomic mass is 9.81. The molecule has 2 aromatic carbocycles. The van der Waals surface area contributed by atoms with Gasteiger partial charge in [0, 0.05) is 29.1 Å². The summed E-state index contributed by atoms with van der Waals surface area (Å²) in [6, 6.07) is 11.2. The minimum absolute atomic E-state index is 0.324. The third-order valence-corrected chi connectivity index (χ3v) is 6.09. The molecule has 3 aromatic rings. The lowest BCUT2D eigenvalue weighted by Crippen LogP contribution is -2.50. The number of methoxy groups -OCH3 is 1. The quantitative estimate of drug-likeness (QED) is 0.529. The van der Waals surface area contributed by atoms with Crippen LogP contribution in [0.25, 0.3) is 0 Å². The van der Waals surface area contributed by atoms with Crippen molar-refractivity contribution >= 4 is 29.2 Å². The number of carbonyl (C=O) groups excluding carboxylic acids is 2. The number of hydrogen-bond acceptors (Lipinski definition) is 5. The fourth-order valence-corrected chi connectivity index (χ4v) is 4.38. The number of fused-ring (bicyclic) bond motifs is 1. The first-order valence-corrected chi connectivity index (χ1v) is 11.4. The first-order chi connectivity index (χ1) is 16.3. The number of ether oxygens (including phenoxy) is 2. The predicted octanol–water partition coefficient (Wildman–Crippen LogP) is 4.06. The van der Waals surface area contributed by atoms with E-state index in [0.29, 0.717) is 34.5 Å². The molecule has 0 bridgehead atoms. The van der Waals surface area contributed by atoms with Gasteiger partial charge in [-0.05, 0) is 55.3 Å². The molecule has 1 aliphatic heterocycles. The van der Waals surface area contributed by atoms with Crippen LogP contribution in [-0.4, -0.2) is 41.4 Å². The van der Waals surface area contributed by atoms with E-state index in [1.807, 2.05) is 32.0 Å². The maximum atomic E-state index is 13.3. The number of benzene rings is 2. The van der Waals surface area contributed by atoms with E-state index in [-0.39, 0.29) is 11.8 Å². The molecule has 0 unspecified atom stereocenters. The first kappa shape index (κ1) is 23.6. The topological polar surface area (TPSA) is 94.5 Å². The maximum Gasteiger partial charge on any atom is 0.251 e. The first-order valence-electron chi connectivity index (χ1n) is 11.1. The molecule has 34 heavy (non-hydrogen) atoms. The van der Waals surface area contributed by atoms with Crippen LogP contribution in [0.2, 0.25) is 5.02 Å². The summed E-state index contributed by atoms with van der Waals surface area (Å²) >= 11 is 5.96. The van der Waals surface area contributed by atoms with Crippen molar-refractivity contribution in [2.24, 2.45) is 7.05 Å². The Morgan fingerprint density at radius 2 is 1.94 bits per heavy atom. The number of rotatable bonds is 7. The Bertz CT molecular complexity index is 1220. The monoisotopic (exact) mass is 482 g/mol. The Morgan fingerprint density at radius 1 is 1.21 bits per heavy atom. The van der Waals surface area contributed by atoms with Gasteiger partial charge in [0.15, 0.2) is 11.5 Å². The van der Waals surface area contributed by atoms with Gasteiger partial charge in [-0.3, -0.25) is 14.3 Å². The van der Waals surface area contributed by atoms with E-state index in [1.165, 1.54) is 0 Å². The van der Waals surface area contributed by atoms with Crippen LogP contribution in [-0.2, 0) is 11.8 Å². The van der Waals surface area contributed by atoms with Crippen molar-refractivity contribution in [2.45, 2.75) is 32.2 Å². The third-order valence-electron chi connectivity index (χ3n) is 5.84. The van der Waals surface area contributed by atoms with Crippen molar-refractivity contribution < 1.29 is 19.1 Å². The number of amides is 2. The summed E-state index contributed by atoms with van der Waals surface area (Å²) in [6.07, 6.45) is 0.838. The van der Waals surface area contributed by atoms with Gasteiger partial charge in [-0.1, -0.05) is 24.6 Å². The molecule has 9 heteroatoms. The van der Waals surface area contributed by atoms with Gasteiger partial charge in [-0.25, -0.2) is 0 Å². The number of hydrogen-bond donors (Lipinski definition) is 2. The van der Waals surface area contributed by atoms with Gasteiger partial charge in [-0.15, -0.1) is 0 Å². The Morgan fingerprint density at radius 3 is 2.62 bits per heavy atom. The number of nitrogens with zero attached hydrogens (tertiary/aromatic N) is 2. The summed E-state index contributed by atoms with van der Waals surface area (Å²) in [7, 11) is 3.36. The molecule has 0 radical (unpaired) electrons.